The van der Waals surface area contributed by atoms with Crippen LogP contribution in [0.5, 0.6) is 0 Å². The first-order chi connectivity index (χ1) is 8.67. The first-order valence-electron chi connectivity index (χ1n) is 6.71. The van der Waals surface area contributed by atoms with E-state index in [1.54, 1.807) is 0 Å². The third-order valence-electron chi connectivity index (χ3n) is 3.79. The van der Waals surface area contributed by atoms with Crippen LogP contribution in [0.1, 0.15) is 32.6 Å². The second kappa shape index (κ2) is 5.57. The van der Waals surface area contributed by atoms with Crippen molar-refractivity contribution < 1.29 is 5.11 Å². The fourth-order valence-electron chi connectivity index (χ4n) is 2.87. The maximum atomic E-state index is 9.74. The van der Waals surface area contributed by atoms with Crippen molar-refractivity contribution in [2.75, 3.05) is 24.3 Å². The molecular weight excluding hydrogens is 226 g/mol. The highest BCUT2D eigenvalue weighted by Gasteiger charge is 2.34. The molecule has 4 heteroatoms. The number of aliphatic hydroxyl groups excluding tert-OH is 1. The Kier molecular flexibility index (Phi) is 4.07. The summed E-state index contributed by atoms with van der Waals surface area (Å²) in [7, 11) is 1.86. The fourth-order valence-corrected chi connectivity index (χ4v) is 2.87. The van der Waals surface area contributed by atoms with Crippen LogP contribution >= 0.6 is 0 Å². The third-order valence-corrected chi connectivity index (χ3v) is 3.79. The second-order valence-corrected chi connectivity index (χ2v) is 5.42. The Morgan fingerprint density at radius 2 is 2.22 bits per heavy atom. The summed E-state index contributed by atoms with van der Waals surface area (Å²) in [6.07, 6.45) is 4.45. The molecule has 4 nitrogen and oxygen atoms in total. The quantitative estimate of drug-likeness (QED) is 0.767. The number of hydrogen-bond acceptors (Lipinski definition) is 4. The van der Waals surface area contributed by atoms with Crippen molar-refractivity contribution in [3.05, 3.63) is 18.2 Å². The Hall–Kier alpha value is -1.29. The largest absolute Gasteiger partial charge is 0.394 e. The van der Waals surface area contributed by atoms with Gasteiger partial charge < -0.3 is 15.7 Å². The van der Waals surface area contributed by atoms with Crippen molar-refractivity contribution in [3.63, 3.8) is 0 Å². The highest BCUT2D eigenvalue weighted by atomic mass is 16.3. The molecule has 100 valence electrons. The van der Waals surface area contributed by atoms with Crippen LogP contribution in [0.2, 0.25) is 0 Å². The predicted octanol–water partition coefficient (Wildman–Crippen LogP) is 2.48. The van der Waals surface area contributed by atoms with E-state index in [0.717, 1.165) is 24.5 Å². The summed E-state index contributed by atoms with van der Waals surface area (Å²) in [4.78, 5) is 4.47. The van der Waals surface area contributed by atoms with Crippen LogP contribution in [0.4, 0.5) is 11.6 Å². The average molecular weight is 249 g/mol. The Bertz CT molecular complexity index is 396. The van der Waals surface area contributed by atoms with Crippen molar-refractivity contribution in [2.45, 2.75) is 38.1 Å². The summed E-state index contributed by atoms with van der Waals surface area (Å²) in [5.74, 6) is 2.34. The van der Waals surface area contributed by atoms with E-state index in [0.29, 0.717) is 5.92 Å². The predicted molar refractivity (Wildman–Crippen MR) is 74.9 cm³/mol. The summed E-state index contributed by atoms with van der Waals surface area (Å²) < 4.78 is 0. The Morgan fingerprint density at radius 1 is 1.44 bits per heavy atom. The molecule has 18 heavy (non-hydrogen) atoms. The van der Waals surface area contributed by atoms with Crippen molar-refractivity contribution >= 4 is 11.6 Å². The SMILES string of the molecule is CNc1cccc(NC2(CO)CCCC(C)C2)n1. The second-order valence-electron chi connectivity index (χ2n) is 5.42. The Balaban J connectivity index is 2.13. The van der Waals surface area contributed by atoms with E-state index >= 15 is 0 Å². The standard InChI is InChI=1S/C14H23N3O/c1-11-5-4-8-14(9-11,10-18)17-13-7-3-6-12(15-2)16-13/h3,6-7,11,18H,4-5,8-10H2,1-2H3,(H2,15,16,17). The summed E-state index contributed by atoms with van der Waals surface area (Å²) in [6.45, 7) is 2.42. The van der Waals surface area contributed by atoms with Gasteiger partial charge in [0.2, 0.25) is 0 Å². The molecule has 1 heterocycles. The van der Waals surface area contributed by atoms with E-state index < -0.39 is 0 Å². The smallest absolute Gasteiger partial charge is 0.128 e. The van der Waals surface area contributed by atoms with Gasteiger partial charge in [0.05, 0.1) is 12.1 Å². The molecule has 2 rings (SSSR count). The van der Waals surface area contributed by atoms with Gasteiger partial charge in [-0.3, -0.25) is 0 Å². The zero-order valence-electron chi connectivity index (χ0n) is 11.2. The Morgan fingerprint density at radius 3 is 2.89 bits per heavy atom. The molecule has 0 saturated heterocycles. The molecule has 1 aromatic rings. The van der Waals surface area contributed by atoms with Gasteiger partial charge in [-0.25, -0.2) is 4.98 Å². The van der Waals surface area contributed by atoms with Crippen LogP contribution in [0.3, 0.4) is 0 Å². The van der Waals surface area contributed by atoms with Gasteiger partial charge in [0.15, 0.2) is 0 Å². The molecule has 3 N–H and O–H groups in total. The molecule has 0 amide bonds. The van der Waals surface area contributed by atoms with E-state index in [4.69, 9.17) is 0 Å². The van der Waals surface area contributed by atoms with Crippen LogP contribution < -0.4 is 10.6 Å². The number of nitrogens with zero attached hydrogens (tertiary/aromatic N) is 1. The van der Waals surface area contributed by atoms with Gasteiger partial charge in [-0.1, -0.05) is 25.8 Å². The van der Waals surface area contributed by atoms with Crippen LogP contribution in [-0.2, 0) is 0 Å². The van der Waals surface area contributed by atoms with E-state index in [2.05, 4.69) is 22.5 Å². The number of aliphatic hydroxyl groups is 1. The zero-order valence-corrected chi connectivity index (χ0v) is 11.2. The molecule has 1 aliphatic rings. The molecule has 2 atom stereocenters. The van der Waals surface area contributed by atoms with Crippen molar-refractivity contribution in [1.29, 1.82) is 0 Å². The fraction of sp³-hybridized carbons (Fsp3) is 0.643. The lowest BCUT2D eigenvalue weighted by atomic mass is 9.77. The number of hydrogen-bond donors (Lipinski definition) is 3. The monoisotopic (exact) mass is 249 g/mol. The van der Waals surface area contributed by atoms with E-state index in [9.17, 15) is 5.11 Å². The highest BCUT2D eigenvalue weighted by molar-refractivity contribution is 5.46. The summed E-state index contributed by atoms with van der Waals surface area (Å²) in [5, 5.41) is 16.2. The maximum absolute atomic E-state index is 9.74. The van der Waals surface area contributed by atoms with Gasteiger partial charge in [-0.15, -0.1) is 0 Å². The maximum Gasteiger partial charge on any atom is 0.128 e. The molecule has 0 bridgehead atoms. The van der Waals surface area contributed by atoms with Gasteiger partial charge in [-0.05, 0) is 30.9 Å². The molecule has 0 aromatic carbocycles. The first-order valence-corrected chi connectivity index (χ1v) is 6.71. The Labute approximate surface area is 109 Å². The topological polar surface area (TPSA) is 57.2 Å². The lowest BCUT2D eigenvalue weighted by Crippen LogP contribution is -2.46. The average Bonchev–Trinajstić information content (AvgIpc) is 2.39. The van der Waals surface area contributed by atoms with Crippen molar-refractivity contribution in [1.82, 2.24) is 4.98 Å². The molecule has 1 saturated carbocycles. The summed E-state index contributed by atoms with van der Waals surface area (Å²) >= 11 is 0. The molecular formula is C14H23N3O. The minimum Gasteiger partial charge on any atom is -0.394 e. The third kappa shape index (κ3) is 2.93. The normalized spacial score (nSPS) is 27.8. The number of nitrogens with one attached hydrogen (secondary N) is 2. The molecule has 1 aromatic heterocycles. The number of rotatable bonds is 4. The minimum absolute atomic E-state index is 0.169. The number of anilines is 2. The van der Waals surface area contributed by atoms with Crippen molar-refractivity contribution in [3.8, 4) is 0 Å². The van der Waals surface area contributed by atoms with Crippen molar-refractivity contribution in [2.24, 2.45) is 5.92 Å². The van der Waals surface area contributed by atoms with Crippen LogP contribution in [0.15, 0.2) is 18.2 Å². The lowest BCUT2D eigenvalue weighted by Gasteiger charge is -2.39. The molecule has 0 aliphatic heterocycles. The molecule has 1 aliphatic carbocycles. The molecule has 1 fully saturated rings. The summed E-state index contributed by atoms with van der Waals surface area (Å²) in [5.41, 5.74) is -0.197. The van der Waals surface area contributed by atoms with Gasteiger partial charge in [0, 0.05) is 7.05 Å². The molecule has 2 unspecified atom stereocenters. The molecule has 0 spiro atoms. The number of aromatic nitrogens is 1. The first kappa shape index (κ1) is 13.1. The van der Waals surface area contributed by atoms with Gasteiger partial charge in [0.25, 0.3) is 0 Å². The summed E-state index contributed by atoms with van der Waals surface area (Å²) in [6, 6.07) is 5.86. The van der Waals surface area contributed by atoms with E-state index in [-0.39, 0.29) is 12.1 Å². The van der Waals surface area contributed by atoms with Gasteiger partial charge >= 0.3 is 0 Å². The van der Waals surface area contributed by atoms with Gasteiger partial charge in [0.1, 0.15) is 11.6 Å². The van der Waals surface area contributed by atoms with E-state index in [1.807, 2.05) is 25.2 Å². The van der Waals surface area contributed by atoms with Gasteiger partial charge in [-0.2, -0.15) is 0 Å². The zero-order chi connectivity index (χ0) is 13.0. The molecule has 0 radical (unpaired) electrons. The number of pyridine rings is 1. The lowest BCUT2D eigenvalue weighted by molar-refractivity contribution is 0.149. The van der Waals surface area contributed by atoms with E-state index in [1.165, 1.54) is 12.8 Å². The minimum atomic E-state index is -0.197. The van der Waals surface area contributed by atoms with Crippen LogP contribution in [0.25, 0.3) is 0 Å². The van der Waals surface area contributed by atoms with Crippen LogP contribution in [0, 0.1) is 5.92 Å². The highest BCUT2D eigenvalue weighted by Crippen LogP contribution is 2.34. The van der Waals surface area contributed by atoms with Crippen LogP contribution in [-0.4, -0.2) is 29.3 Å².